The highest BCUT2D eigenvalue weighted by molar-refractivity contribution is 6.30. The normalized spacial score (nSPS) is 11.5. The van der Waals surface area contributed by atoms with Gasteiger partial charge in [-0.25, -0.2) is 9.78 Å². The lowest BCUT2D eigenvalue weighted by atomic mass is 10.2. The Morgan fingerprint density at radius 2 is 2.14 bits per heavy atom. The van der Waals surface area contributed by atoms with Crippen LogP contribution in [0.25, 0.3) is 0 Å². The molecule has 0 aliphatic rings. The van der Waals surface area contributed by atoms with E-state index in [1.54, 1.807) is 19.2 Å². The molecule has 21 heavy (non-hydrogen) atoms. The van der Waals surface area contributed by atoms with Gasteiger partial charge in [0.1, 0.15) is 11.9 Å². The summed E-state index contributed by atoms with van der Waals surface area (Å²) in [5, 5.41) is 11.6. The predicted octanol–water partition coefficient (Wildman–Crippen LogP) is -0.384. The van der Waals surface area contributed by atoms with Gasteiger partial charge in [-0.2, -0.15) is 0 Å². The number of amides is 2. The van der Waals surface area contributed by atoms with Crippen LogP contribution in [0.1, 0.15) is 6.42 Å². The number of nitrogens with one attached hydrogen (secondary N) is 1. The maximum atomic E-state index is 11.8. The van der Waals surface area contributed by atoms with E-state index in [9.17, 15) is 14.4 Å². The number of carboxylic acid groups (broad SMARTS) is 1. The monoisotopic (exact) mass is 314 g/mol. The van der Waals surface area contributed by atoms with Crippen molar-refractivity contribution < 1.29 is 19.5 Å². The van der Waals surface area contributed by atoms with Crippen LogP contribution in [0.3, 0.4) is 0 Å². The fraction of sp³-hybridized carbons (Fsp3) is 0.333. The molecule has 0 saturated carbocycles. The summed E-state index contributed by atoms with van der Waals surface area (Å²) in [7, 11) is 1.61. The van der Waals surface area contributed by atoms with Gasteiger partial charge in [0, 0.05) is 13.2 Å². The van der Waals surface area contributed by atoms with Gasteiger partial charge >= 0.3 is 5.97 Å². The smallest absolute Gasteiger partial charge is 0.326 e. The summed E-state index contributed by atoms with van der Waals surface area (Å²) in [6, 6.07) is 1.89. The van der Waals surface area contributed by atoms with Gasteiger partial charge in [0.2, 0.25) is 11.8 Å². The number of carbonyl (C=O) groups is 3. The molecule has 1 rings (SSSR count). The van der Waals surface area contributed by atoms with E-state index in [2.05, 4.69) is 10.3 Å². The maximum absolute atomic E-state index is 11.8. The number of aromatic nitrogens is 1. The van der Waals surface area contributed by atoms with Crippen molar-refractivity contribution in [2.24, 2.45) is 5.73 Å². The highest BCUT2D eigenvalue weighted by Crippen LogP contribution is 2.12. The minimum atomic E-state index is -1.35. The van der Waals surface area contributed by atoms with Crippen molar-refractivity contribution in [1.29, 1.82) is 0 Å². The Kier molecular flexibility index (Phi) is 5.92. The summed E-state index contributed by atoms with van der Waals surface area (Å²) in [6.07, 6.45) is 0.961. The maximum Gasteiger partial charge on any atom is 0.326 e. The second-order valence-electron chi connectivity index (χ2n) is 4.32. The average molecular weight is 315 g/mol. The number of carboxylic acids is 1. The molecule has 114 valence electrons. The Hall–Kier alpha value is -2.35. The van der Waals surface area contributed by atoms with Gasteiger partial charge in [0.15, 0.2) is 0 Å². The van der Waals surface area contributed by atoms with E-state index in [0.717, 1.165) is 0 Å². The third-order valence-electron chi connectivity index (χ3n) is 2.52. The molecule has 0 radical (unpaired) electrons. The largest absolute Gasteiger partial charge is 0.480 e. The topological polar surface area (TPSA) is 126 Å². The molecule has 1 atom stereocenters. The van der Waals surface area contributed by atoms with E-state index in [-0.39, 0.29) is 6.54 Å². The van der Waals surface area contributed by atoms with Crippen LogP contribution in [0, 0.1) is 0 Å². The first-order valence-corrected chi connectivity index (χ1v) is 6.30. The summed E-state index contributed by atoms with van der Waals surface area (Å²) in [5.41, 5.74) is 4.93. The van der Waals surface area contributed by atoms with Crippen molar-refractivity contribution in [2.75, 3.05) is 18.5 Å². The summed E-state index contributed by atoms with van der Waals surface area (Å²) >= 11 is 5.70. The van der Waals surface area contributed by atoms with Gasteiger partial charge in [-0.15, -0.1) is 0 Å². The molecule has 4 N–H and O–H groups in total. The van der Waals surface area contributed by atoms with Crippen molar-refractivity contribution in [3.8, 4) is 0 Å². The van der Waals surface area contributed by atoms with Gasteiger partial charge in [-0.05, 0) is 12.1 Å². The molecular weight excluding hydrogens is 300 g/mol. The number of aliphatic carboxylic acids is 1. The van der Waals surface area contributed by atoms with E-state index in [4.69, 9.17) is 22.4 Å². The molecular formula is C12H15ClN4O4. The fourth-order valence-corrected chi connectivity index (χ4v) is 1.64. The molecule has 0 aliphatic carbocycles. The molecule has 0 aliphatic heterocycles. The van der Waals surface area contributed by atoms with Crippen LogP contribution in [0.15, 0.2) is 18.3 Å². The third-order valence-corrected chi connectivity index (χ3v) is 2.75. The van der Waals surface area contributed by atoms with E-state index >= 15 is 0 Å². The van der Waals surface area contributed by atoms with Crippen LogP contribution < -0.4 is 16.0 Å². The molecule has 0 fully saturated rings. The number of anilines is 1. The van der Waals surface area contributed by atoms with Crippen LogP contribution in [0.5, 0.6) is 0 Å². The van der Waals surface area contributed by atoms with Crippen molar-refractivity contribution in [3.63, 3.8) is 0 Å². The van der Waals surface area contributed by atoms with E-state index in [1.807, 2.05) is 0 Å². The number of primary amides is 1. The lowest BCUT2D eigenvalue weighted by molar-refractivity contribution is -0.143. The number of halogens is 1. The van der Waals surface area contributed by atoms with E-state index in [1.165, 1.54) is 11.1 Å². The molecule has 0 saturated heterocycles. The predicted molar refractivity (Wildman–Crippen MR) is 75.9 cm³/mol. The van der Waals surface area contributed by atoms with Crippen LogP contribution in [0.2, 0.25) is 5.02 Å². The second kappa shape index (κ2) is 7.44. The quantitative estimate of drug-likeness (QED) is 0.629. The number of nitrogens with two attached hydrogens (primary N) is 1. The Labute approximate surface area is 125 Å². The number of pyridine rings is 1. The molecule has 1 aromatic heterocycles. The van der Waals surface area contributed by atoms with E-state index in [0.29, 0.717) is 10.8 Å². The van der Waals surface area contributed by atoms with Crippen molar-refractivity contribution in [2.45, 2.75) is 12.5 Å². The number of likely N-dealkylation sites (N-methyl/N-ethyl adjacent to an activating group) is 1. The first-order valence-electron chi connectivity index (χ1n) is 5.92. The van der Waals surface area contributed by atoms with Crippen LogP contribution in [-0.2, 0) is 14.4 Å². The zero-order chi connectivity index (χ0) is 16.0. The fourth-order valence-electron chi connectivity index (χ4n) is 1.53. The zero-order valence-electron chi connectivity index (χ0n) is 11.2. The number of nitrogens with zero attached hydrogens (tertiary/aromatic N) is 2. The lowest BCUT2D eigenvalue weighted by Crippen LogP contribution is -2.46. The minimum Gasteiger partial charge on any atom is -0.480 e. The lowest BCUT2D eigenvalue weighted by Gasteiger charge is -2.19. The summed E-state index contributed by atoms with van der Waals surface area (Å²) in [4.78, 5) is 38.9. The Bertz CT molecular complexity index is 535. The molecule has 1 aromatic rings. The minimum absolute atomic E-state index is 0.128. The number of hydrogen-bond donors (Lipinski definition) is 3. The number of carbonyl (C=O) groups excluding carboxylic acids is 2. The molecule has 9 heteroatoms. The van der Waals surface area contributed by atoms with Gasteiger partial charge in [-0.3, -0.25) is 9.59 Å². The van der Waals surface area contributed by atoms with Crippen molar-refractivity contribution >= 4 is 35.2 Å². The first kappa shape index (κ1) is 16.7. The van der Waals surface area contributed by atoms with Gasteiger partial charge in [0.05, 0.1) is 18.0 Å². The standard InChI is InChI=1S/C12H15ClN4O4/c1-17(10-3-2-7(13)5-15-10)6-11(19)16-8(12(20)21)4-9(14)18/h2-3,5,8H,4,6H2,1H3,(H2,14,18)(H,16,19)(H,20,21). The van der Waals surface area contributed by atoms with Crippen LogP contribution in [-0.4, -0.2) is 47.5 Å². The molecule has 2 amide bonds. The number of hydrogen-bond acceptors (Lipinski definition) is 5. The molecule has 8 nitrogen and oxygen atoms in total. The van der Waals surface area contributed by atoms with Crippen molar-refractivity contribution in [1.82, 2.24) is 10.3 Å². The Balaban J connectivity index is 2.61. The number of rotatable bonds is 7. The molecule has 1 heterocycles. The second-order valence-corrected chi connectivity index (χ2v) is 4.76. The SMILES string of the molecule is CN(CC(=O)NC(CC(N)=O)C(=O)O)c1ccc(Cl)cn1. The molecule has 0 spiro atoms. The molecule has 0 aromatic carbocycles. The Morgan fingerprint density at radius 1 is 1.48 bits per heavy atom. The Morgan fingerprint density at radius 3 is 2.62 bits per heavy atom. The first-order chi connectivity index (χ1) is 9.79. The van der Waals surface area contributed by atoms with Crippen LogP contribution >= 0.6 is 11.6 Å². The average Bonchev–Trinajstić information content (AvgIpc) is 2.37. The van der Waals surface area contributed by atoms with Crippen LogP contribution in [0.4, 0.5) is 5.82 Å². The summed E-state index contributed by atoms with van der Waals surface area (Å²) in [5.74, 6) is -2.20. The van der Waals surface area contributed by atoms with Gasteiger partial charge in [0.25, 0.3) is 0 Å². The summed E-state index contributed by atoms with van der Waals surface area (Å²) < 4.78 is 0. The highest BCUT2D eigenvalue weighted by atomic mass is 35.5. The highest BCUT2D eigenvalue weighted by Gasteiger charge is 2.22. The zero-order valence-corrected chi connectivity index (χ0v) is 12.0. The van der Waals surface area contributed by atoms with Crippen molar-refractivity contribution in [3.05, 3.63) is 23.4 Å². The van der Waals surface area contributed by atoms with Gasteiger partial charge in [-0.1, -0.05) is 11.6 Å². The third kappa shape index (κ3) is 5.65. The molecule has 0 bridgehead atoms. The molecule has 1 unspecified atom stereocenters. The van der Waals surface area contributed by atoms with Gasteiger partial charge < -0.3 is 21.1 Å². The summed E-state index contributed by atoms with van der Waals surface area (Å²) in [6.45, 7) is -0.128. The van der Waals surface area contributed by atoms with E-state index < -0.39 is 30.2 Å².